The molecule has 8 heteroatoms. The van der Waals surface area contributed by atoms with E-state index < -0.39 is 5.25 Å². The lowest BCUT2D eigenvalue weighted by atomic mass is 10.1. The molecular weight excluding hydrogens is 536 g/mol. The summed E-state index contributed by atoms with van der Waals surface area (Å²) in [6, 6.07) is 29.5. The number of amides is 2. The van der Waals surface area contributed by atoms with Crippen molar-refractivity contribution >= 4 is 35.0 Å². The zero-order valence-electron chi connectivity index (χ0n) is 23.4. The molecule has 7 nitrogen and oxygen atoms in total. The summed E-state index contributed by atoms with van der Waals surface area (Å²) in [6.45, 7) is 2.79. The highest BCUT2D eigenvalue weighted by Gasteiger charge is 2.23. The van der Waals surface area contributed by atoms with E-state index in [4.69, 9.17) is 14.2 Å². The Bertz CT molecular complexity index is 1440. The minimum absolute atomic E-state index is 0.152. The number of ether oxygens (including phenoxy) is 3. The van der Waals surface area contributed by atoms with Gasteiger partial charge < -0.3 is 24.8 Å². The maximum Gasteiger partial charge on any atom is 0.255 e. The average Bonchev–Trinajstić information content (AvgIpc) is 3.01. The van der Waals surface area contributed by atoms with E-state index >= 15 is 0 Å². The Morgan fingerprint density at radius 2 is 1.54 bits per heavy atom. The van der Waals surface area contributed by atoms with E-state index in [9.17, 15) is 9.59 Å². The Morgan fingerprint density at radius 3 is 2.24 bits per heavy atom. The molecule has 4 aromatic carbocycles. The second-order valence-corrected chi connectivity index (χ2v) is 10.4. The fraction of sp³-hybridized carbons (Fsp3) is 0.212. The maximum atomic E-state index is 13.5. The summed E-state index contributed by atoms with van der Waals surface area (Å²) >= 11 is 1.41. The Balaban J connectivity index is 1.48. The lowest BCUT2D eigenvalue weighted by Gasteiger charge is -2.18. The molecule has 0 radical (unpaired) electrons. The van der Waals surface area contributed by atoms with Gasteiger partial charge in [-0.2, -0.15) is 0 Å². The van der Waals surface area contributed by atoms with Crippen LogP contribution in [0.5, 0.6) is 17.2 Å². The molecule has 0 aliphatic carbocycles. The second-order valence-electron chi connectivity index (χ2n) is 9.18. The van der Waals surface area contributed by atoms with Crippen molar-refractivity contribution in [3.8, 4) is 17.2 Å². The molecule has 0 saturated heterocycles. The SMILES string of the molecule is CCCCOc1ccc(NC(=O)C(Sc2cccc(NC(=O)c3ccc(OC)c(OC)c3)c2)c2ccccc2)cc1. The normalized spacial score (nSPS) is 11.3. The summed E-state index contributed by atoms with van der Waals surface area (Å²) in [5.41, 5.74) is 2.61. The van der Waals surface area contributed by atoms with E-state index in [0.717, 1.165) is 29.1 Å². The highest BCUT2D eigenvalue weighted by molar-refractivity contribution is 8.00. The average molecular weight is 571 g/mol. The molecule has 4 rings (SSSR count). The lowest BCUT2D eigenvalue weighted by Crippen LogP contribution is -2.19. The van der Waals surface area contributed by atoms with Gasteiger partial charge in [0.2, 0.25) is 5.91 Å². The number of anilines is 2. The van der Waals surface area contributed by atoms with Gasteiger partial charge >= 0.3 is 0 Å². The molecule has 0 aromatic heterocycles. The first-order valence-electron chi connectivity index (χ1n) is 13.4. The molecule has 0 spiro atoms. The van der Waals surface area contributed by atoms with Crippen LogP contribution in [0.2, 0.25) is 0 Å². The van der Waals surface area contributed by atoms with E-state index in [1.807, 2.05) is 78.9 Å². The van der Waals surface area contributed by atoms with Crippen molar-refractivity contribution in [3.05, 3.63) is 108 Å². The molecule has 0 heterocycles. The van der Waals surface area contributed by atoms with Crippen molar-refractivity contribution < 1.29 is 23.8 Å². The standard InChI is InChI=1S/C33H34N2O5S/c1-4-5-20-40-27-17-15-25(16-18-27)34-33(37)31(23-10-7-6-8-11-23)41-28-13-9-12-26(22-28)35-32(36)24-14-19-29(38-2)30(21-24)39-3/h6-19,21-22,31H,4-5,20H2,1-3H3,(H,34,37)(H,35,36). The van der Waals surface area contributed by atoms with Gasteiger partial charge in [0.25, 0.3) is 5.91 Å². The van der Waals surface area contributed by atoms with Crippen LogP contribution in [0.4, 0.5) is 11.4 Å². The number of thioether (sulfide) groups is 1. The Kier molecular flexibility index (Phi) is 10.7. The number of benzene rings is 4. The van der Waals surface area contributed by atoms with Gasteiger partial charge in [0, 0.05) is 21.8 Å². The largest absolute Gasteiger partial charge is 0.494 e. The Hall–Kier alpha value is -4.43. The topological polar surface area (TPSA) is 85.9 Å². The van der Waals surface area contributed by atoms with Crippen molar-refractivity contribution in [2.24, 2.45) is 0 Å². The van der Waals surface area contributed by atoms with E-state index in [1.165, 1.54) is 18.9 Å². The minimum Gasteiger partial charge on any atom is -0.494 e. The number of unbranched alkanes of at least 4 members (excludes halogenated alkanes) is 1. The molecule has 2 N–H and O–H groups in total. The van der Waals surface area contributed by atoms with Crippen LogP contribution in [0, 0.1) is 0 Å². The van der Waals surface area contributed by atoms with Gasteiger partial charge in [-0.25, -0.2) is 0 Å². The van der Waals surface area contributed by atoms with Crippen LogP contribution in [0.25, 0.3) is 0 Å². The van der Waals surface area contributed by atoms with Gasteiger partial charge in [-0.3, -0.25) is 9.59 Å². The van der Waals surface area contributed by atoms with Gasteiger partial charge in [0.15, 0.2) is 11.5 Å². The molecular formula is C33H34N2O5S. The van der Waals surface area contributed by atoms with E-state index in [2.05, 4.69) is 17.6 Å². The Morgan fingerprint density at radius 1 is 0.780 bits per heavy atom. The van der Waals surface area contributed by atoms with Crippen LogP contribution in [0.15, 0.2) is 102 Å². The third kappa shape index (κ3) is 8.28. The number of nitrogens with one attached hydrogen (secondary N) is 2. The smallest absolute Gasteiger partial charge is 0.255 e. The van der Waals surface area contributed by atoms with Gasteiger partial charge in [-0.05, 0) is 72.6 Å². The summed E-state index contributed by atoms with van der Waals surface area (Å²) in [5.74, 6) is 1.36. The van der Waals surface area contributed by atoms with Gasteiger partial charge in [0.05, 0.1) is 20.8 Å². The van der Waals surface area contributed by atoms with Crippen molar-refractivity contribution in [1.29, 1.82) is 0 Å². The number of rotatable bonds is 13. The predicted molar refractivity (Wildman–Crippen MR) is 164 cm³/mol. The number of carbonyl (C=O) groups is 2. The van der Waals surface area contributed by atoms with Crippen molar-refractivity contribution in [2.75, 3.05) is 31.5 Å². The zero-order valence-corrected chi connectivity index (χ0v) is 24.2. The van der Waals surface area contributed by atoms with Crippen molar-refractivity contribution in [3.63, 3.8) is 0 Å². The molecule has 1 unspecified atom stereocenters. The fourth-order valence-electron chi connectivity index (χ4n) is 4.04. The quantitative estimate of drug-likeness (QED) is 0.127. The van der Waals surface area contributed by atoms with E-state index in [1.54, 1.807) is 25.3 Å². The third-order valence-electron chi connectivity index (χ3n) is 6.22. The molecule has 41 heavy (non-hydrogen) atoms. The summed E-state index contributed by atoms with van der Waals surface area (Å²) in [5, 5.41) is 5.45. The van der Waals surface area contributed by atoms with Crippen LogP contribution in [-0.4, -0.2) is 32.6 Å². The minimum atomic E-state index is -0.520. The molecule has 0 bridgehead atoms. The first kappa shape index (κ1) is 29.6. The zero-order chi connectivity index (χ0) is 29.0. The summed E-state index contributed by atoms with van der Waals surface area (Å²) in [7, 11) is 3.07. The number of methoxy groups -OCH3 is 2. The molecule has 0 aliphatic rings. The maximum absolute atomic E-state index is 13.5. The Labute approximate surface area is 245 Å². The van der Waals surface area contributed by atoms with Gasteiger partial charge in [0.1, 0.15) is 11.0 Å². The second kappa shape index (κ2) is 14.8. The first-order chi connectivity index (χ1) is 20.0. The highest BCUT2D eigenvalue weighted by Crippen LogP contribution is 2.37. The third-order valence-corrected chi connectivity index (χ3v) is 7.47. The van der Waals surface area contributed by atoms with E-state index in [-0.39, 0.29) is 11.8 Å². The van der Waals surface area contributed by atoms with Crippen LogP contribution >= 0.6 is 11.8 Å². The van der Waals surface area contributed by atoms with Crippen molar-refractivity contribution in [2.45, 2.75) is 29.9 Å². The monoisotopic (exact) mass is 570 g/mol. The molecule has 1 atom stereocenters. The van der Waals surface area contributed by atoms with Crippen LogP contribution < -0.4 is 24.8 Å². The summed E-state index contributed by atoms with van der Waals surface area (Å²) in [4.78, 5) is 27.3. The summed E-state index contributed by atoms with van der Waals surface area (Å²) in [6.07, 6.45) is 2.06. The predicted octanol–water partition coefficient (Wildman–Crippen LogP) is 7.61. The number of hydrogen-bond donors (Lipinski definition) is 2. The van der Waals surface area contributed by atoms with Crippen LogP contribution in [-0.2, 0) is 4.79 Å². The molecule has 0 fully saturated rings. The molecule has 4 aromatic rings. The summed E-state index contributed by atoms with van der Waals surface area (Å²) < 4.78 is 16.3. The molecule has 212 valence electrons. The lowest BCUT2D eigenvalue weighted by molar-refractivity contribution is -0.115. The van der Waals surface area contributed by atoms with Crippen LogP contribution in [0.1, 0.15) is 40.9 Å². The fourth-order valence-corrected chi connectivity index (χ4v) is 5.12. The highest BCUT2D eigenvalue weighted by atomic mass is 32.2. The van der Waals surface area contributed by atoms with Crippen molar-refractivity contribution in [1.82, 2.24) is 0 Å². The van der Waals surface area contributed by atoms with Gasteiger partial charge in [-0.15, -0.1) is 11.8 Å². The number of carbonyl (C=O) groups excluding carboxylic acids is 2. The van der Waals surface area contributed by atoms with E-state index in [0.29, 0.717) is 35.0 Å². The molecule has 0 aliphatic heterocycles. The van der Waals surface area contributed by atoms with Gasteiger partial charge in [-0.1, -0.05) is 49.7 Å². The van der Waals surface area contributed by atoms with Crippen LogP contribution in [0.3, 0.4) is 0 Å². The number of hydrogen-bond acceptors (Lipinski definition) is 6. The molecule has 2 amide bonds. The first-order valence-corrected chi connectivity index (χ1v) is 14.3. The molecule has 0 saturated carbocycles.